The Bertz CT molecular complexity index is 168. The molecular formula is C13H29NOS. The third kappa shape index (κ3) is 7.53. The lowest BCUT2D eigenvalue weighted by Crippen LogP contribution is -2.42. The highest BCUT2D eigenvalue weighted by Gasteiger charge is 2.23. The van der Waals surface area contributed by atoms with Crippen molar-refractivity contribution < 1.29 is 5.11 Å². The lowest BCUT2D eigenvalue weighted by molar-refractivity contribution is 0.250. The second-order valence-corrected chi connectivity index (χ2v) is 6.77. The fourth-order valence-corrected chi connectivity index (χ4v) is 2.87. The first-order valence-corrected chi connectivity index (χ1v) is 7.49. The highest BCUT2D eigenvalue weighted by atomic mass is 32.2. The Morgan fingerprint density at radius 1 is 1.25 bits per heavy atom. The van der Waals surface area contributed by atoms with Crippen molar-refractivity contribution in [2.75, 3.05) is 24.7 Å². The fraction of sp³-hybridized carbons (Fsp3) is 1.00. The van der Waals surface area contributed by atoms with Crippen LogP contribution in [0.2, 0.25) is 0 Å². The summed E-state index contributed by atoms with van der Waals surface area (Å²) in [7, 11) is 0. The zero-order chi connectivity index (χ0) is 12.6. The van der Waals surface area contributed by atoms with Gasteiger partial charge in [-0.05, 0) is 30.1 Å². The third-order valence-electron chi connectivity index (χ3n) is 2.68. The van der Waals surface area contributed by atoms with Crippen LogP contribution < -0.4 is 5.32 Å². The normalized spacial score (nSPS) is 16.1. The van der Waals surface area contributed by atoms with Crippen molar-refractivity contribution in [1.29, 1.82) is 0 Å². The lowest BCUT2D eigenvalue weighted by atomic mass is 9.88. The molecule has 0 saturated carbocycles. The zero-order valence-electron chi connectivity index (χ0n) is 11.5. The summed E-state index contributed by atoms with van der Waals surface area (Å²) >= 11 is 1.95. The van der Waals surface area contributed by atoms with Crippen LogP contribution in [-0.2, 0) is 0 Å². The van der Waals surface area contributed by atoms with E-state index in [2.05, 4.69) is 39.9 Å². The number of aliphatic hydroxyl groups excluding tert-OH is 1. The summed E-state index contributed by atoms with van der Waals surface area (Å²) in [6.45, 7) is 12.6. The fourth-order valence-electron chi connectivity index (χ4n) is 1.37. The van der Waals surface area contributed by atoms with Crippen LogP contribution in [0.25, 0.3) is 0 Å². The van der Waals surface area contributed by atoms with E-state index in [1.54, 1.807) is 0 Å². The number of hydrogen-bond acceptors (Lipinski definition) is 3. The van der Waals surface area contributed by atoms with Gasteiger partial charge < -0.3 is 10.4 Å². The molecule has 0 fully saturated rings. The van der Waals surface area contributed by atoms with Gasteiger partial charge in [0.25, 0.3) is 0 Å². The quantitative estimate of drug-likeness (QED) is 0.692. The summed E-state index contributed by atoms with van der Waals surface area (Å²) in [5, 5.41) is 12.6. The highest BCUT2D eigenvalue weighted by molar-refractivity contribution is 7.99. The molecule has 2 unspecified atom stereocenters. The SMILES string of the molecule is CCCNC(CSCC(C)CO)C(C)(C)C. The van der Waals surface area contributed by atoms with Gasteiger partial charge in [0, 0.05) is 18.4 Å². The van der Waals surface area contributed by atoms with Crippen molar-refractivity contribution in [3.8, 4) is 0 Å². The van der Waals surface area contributed by atoms with E-state index in [4.69, 9.17) is 5.11 Å². The molecule has 0 aliphatic rings. The number of thioether (sulfide) groups is 1. The Hall–Kier alpha value is 0.270. The summed E-state index contributed by atoms with van der Waals surface area (Å²) < 4.78 is 0. The molecule has 0 aromatic rings. The Labute approximate surface area is 106 Å². The Morgan fingerprint density at radius 2 is 1.88 bits per heavy atom. The molecule has 16 heavy (non-hydrogen) atoms. The molecule has 3 heteroatoms. The van der Waals surface area contributed by atoms with Gasteiger partial charge in [0.2, 0.25) is 0 Å². The molecular weight excluding hydrogens is 218 g/mol. The van der Waals surface area contributed by atoms with E-state index in [0.717, 1.165) is 18.1 Å². The third-order valence-corrected chi connectivity index (χ3v) is 4.06. The van der Waals surface area contributed by atoms with E-state index in [1.807, 2.05) is 11.8 Å². The highest BCUT2D eigenvalue weighted by Crippen LogP contribution is 2.23. The summed E-state index contributed by atoms with van der Waals surface area (Å²) in [4.78, 5) is 0. The molecule has 0 aromatic carbocycles. The van der Waals surface area contributed by atoms with Crippen molar-refractivity contribution in [1.82, 2.24) is 5.32 Å². The second kappa shape index (κ2) is 8.37. The summed E-state index contributed by atoms with van der Waals surface area (Å²) in [6, 6.07) is 0.559. The van der Waals surface area contributed by atoms with E-state index in [0.29, 0.717) is 24.0 Å². The molecule has 0 radical (unpaired) electrons. The standard InChI is InChI=1S/C13H29NOS/c1-6-7-14-12(13(3,4)5)10-16-9-11(2)8-15/h11-12,14-15H,6-10H2,1-5H3. The summed E-state index contributed by atoms with van der Waals surface area (Å²) in [5.41, 5.74) is 0.310. The molecule has 98 valence electrons. The molecule has 2 nitrogen and oxygen atoms in total. The van der Waals surface area contributed by atoms with Crippen LogP contribution in [0.1, 0.15) is 41.0 Å². The van der Waals surface area contributed by atoms with E-state index < -0.39 is 0 Å². The molecule has 0 spiro atoms. The first-order chi connectivity index (χ1) is 7.41. The van der Waals surface area contributed by atoms with Gasteiger partial charge in [0.05, 0.1) is 0 Å². The van der Waals surface area contributed by atoms with Gasteiger partial charge in [0.15, 0.2) is 0 Å². The van der Waals surface area contributed by atoms with Crippen LogP contribution in [-0.4, -0.2) is 35.8 Å². The Kier molecular flexibility index (Phi) is 8.52. The average Bonchev–Trinajstić information content (AvgIpc) is 2.20. The molecule has 0 aliphatic carbocycles. The predicted molar refractivity (Wildman–Crippen MR) is 75.1 cm³/mol. The molecule has 0 saturated heterocycles. The van der Waals surface area contributed by atoms with Crippen molar-refractivity contribution in [3.05, 3.63) is 0 Å². The second-order valence-electron chi connectivity index (χ2n) is 5.70. The summed E-state index contributed by atoms with van der Waals surface area (Å²) in [5.74, 6) is 2.60. The lowest BCUT2D eigenvalue weighted by Gasteiger charge is -2.31. The van der Waals surface area contributed by atoms with Crippen LogP contribution in [0.15, 0.2) is 0 Å². The van der Waals surface area contributed by atoms with Crippen LogP contribution in [0.4, 0.5) is 0 Å². The number of nitrogens with one attached hydrogen (secondary N) is 1. The van der Waals surface area contributed by atoms with Gasteiger partial charge in [-0.3, -0.25) is 0 Å². The molecule has 0 rings (SSSR count). The van der Waals surface area contributed by atoms with Crippen LogP contribution in [0.5, 0.6) is 0 Å². The molecule has 0 amide bonds. The largest absolute Gasteiger partial charge is 0.396 e. The van der Waals surface area contributed by atoms with Gasteiger partial charge in [-0.2, -0.15) is 11.8 Å². The van der Waals surface area contributed by atoms with Crippen molar-refractivity contribution in [3.63, 3.8) is 0 Å². The smallest absolute Gasteiger partial charge is 0.0464 e. The molecule has 2 N–H and O–H groups in total. The molecule has 0 aromatic heterocycles. The zero-order valence-corrected chi connectivity index (χ0v) is 12.4. The van der Waals surface area contributed by atoms with Crippen LogP contribution in [0.3, 0.4) is 0 Å². The van der Waals surface area contributed by atoms with E-state index in [-0.39, 0.29) is 0 Å². The van der Waals surface area contributed by atoms with E-state index >= 15 is 0 Å². The minimum atomic E-state index is 0.301. The maximum absolute atomic E-state index is 8.97. The van der Waals surface area contributed by atoms with Crippen LogP contribution in [0, 0.1) is 11.3 Å². The number of hydrogen-bond donors (Lipinski definition) is 2. The number of rotatable bonds is 8. The van der Waals surface area contributed by atoms with Crippen molar-refractivity contribution in [2.45, 2.75) is 47.1 Å². The van der Waals surface area contributed by atoms with Crippen molar-refractivity contribution in [2.24, 2.45) is 11.3 Å². The number of aliphatic hydroxyl groups is 1. The first-order valence-electron chi connectivity index (χ1n) is 6.33. The predicted octanol–water partition coefficient (Wildman–Crippen LogP) is 2.76. The maximum Gasteiger partial charge on any atom is 0.0464 e. The summed E-state index contributed by atoms with van der Waals surface area (Å²) in [6.07, 6.45) is 1.18. The van der Waals surface area contributed by atoms with Gasteiger partial charge >= 0.3 is 0 Å². The van der Waals surface area contributed by atoms with Crippen molar-refractivity contribution >= 4 is 11.8 Å². The molecule has 0 bridgehead atoms. The van der Waals surface area contributed by atoms with Gasteiger partial charge in [-0.1, -0.05) is 34.6 Å². The van der Waals surface area contributed by atoms with E-state index in [1.165, 1.54) is 6.42 Å². The van der Waals surface area contributed by atoms with Gasteiger partial charge in [-0.25, -0.2) is 0 Å². The maximum atomic E-state index is 8.97. The first kappa shape index (κ1) is 16.3. The monoisotopic (exact) mass is 247 g/mol. The Morgan fingerprint density at radius 3 is 2.31 bits per heavy atom. The molecule has 0 heterocycles. The van der Waals surface area contributed by atoms with Gasteiger partial charge in [-0.15, -0.1) is 0 Å². The molecule has 0 aliphatic heterocycles. The topological polar surface area (TPSA) is 32.3 Å². The minimum absolute atomic E-state index is 0.301. The van der Waals surface area contributed by atoms with Gasteiger partial charge in [0.1, 0.15) is 0 Å². The average molecular weight is 247 g/mol. The Balaban J connectivity index is 3.93. The van der Waals surface area contributed by atoms with Crippen LogP contribution >= 0.6 is 11.8 Å². The van der Waals surface area contributed by atoms with E-state index in [9.17, 15) is 0 Å². The molecule has 2 atom stereocenters. The minimum Gasteiger partial charge on any atom is -0.396 e.